The van der Waals surface area contributed by atoms with Crippen LogP contribution in [0.3, 0.4) is 0 Å². The highest BCUT2D eigenvalue weighted by atomic mass is 16.5. The van der Waals surface area contributed by atoms with Crippen LogP contribution in [0.1, 0.15) is 23.1 Å². The first-order valence-electron chi connectivity index (χ1n) is 9.07. The van der Waals surface area contributed by atoms with Gasteiger partial charge in [-0.15, -0.1) is 0 Å². The number of pyridine rings is 1. The average Bonchev–Trinajstić information content (AvgIpc) is 2.66. The summed E-state index contributed by atoms with van der Waals surface area (Å²) in [6, 6.07) is 15.6. The number of aryl methyl sites for hydroxylation is 2. The highest BCUT2D eigenvalue weighted by Crippen LogP contribution is 2.18. The van der Waals surface area contributed by atoms with Gasteiger partial charge in [-0.05, 0) is 48.9 Å². The Balaban J connectivity index is 1.55. The van der Waals surface area contributed by atoms with Gasteiger partial charge in [-0.25, -0.2) is 0 Å². The zero-order valence-electron chi connectivity index (χ0n) is 15.7. The second kappa shape index (κ2) is 8.54. The lowest BCUT2D eigenvalue weighted by Gasteiger charge is -2.07. The lowest BCUT2D eigenvalue weighted by atomic mass is 10.1. The Bertz CT molecular complexity index is 1010. The maximum Gasteiger partial charge on any atom is 0.251 e. The molecule has 1 heterocycles. The van der Waals surface area contributed by atoms with E-state index in [1.807, 2.05) is 24.3 Å². The van der Waals surface area contributed by atoms with Crippen LogP contribution in [0.4, 0.5) is 0 Å². The highest BCUT2D eigenvalue weighted by Gasteiger charge is 2.07. The minimum Gasteiger partial charge on any atom is -0.497 e. The highest BCUT2D eigenvalue weighted by molar-refractivity contribution is 5.81. The number of aromatic nitrogens is 1. The van der Waals surface area contributed by atoms with E-state index in [4.69, 9.17) is 4.74 Å². The molecule has 5 nitrogen and oxygen atoms in total. The third-order valence-corrected chi connectivity index (χ3v) is 4.57. The molecule has 0 unspecified atom stereocenters. The maximum atomic E-state index is 12.2. The Labute approximate surface area is 158 Å². The minimum atomic E-state index is -0.164. The molecule has 0 fully saturated rings. The van der Waals surface area contributed by atoms with E-state index in [1.165, 1.54) is 11.1 Å². The average molecular weight is 364 g/mol. The van der Waals surface area contributed by atoms with Crippen LogP contribution in [-0.4, -0.2) is 24.5 Å². The van der Waals surface area contributed by atoms with Crippen LogP contribution in [0.2, 0.25) is 0 Å². The summed E-state index contributed by atoms with van der Waals surface area (Å²) >= 11 is 0. The number of H-pyrrole nitrogens is 1. The largest absolute Gasteiger partial charge is 0.497 e. The van der Waals surface area contributed by atoms with Crippen molar-refractivity contribution in [2.75, 3.05) is 13.7 Å². The first-order valence-corrected chi connectivity index (χ1v) is 9.07. The lowest BCUT2D eigenvalue weighted by Crippen LogP contribution is -2.26. The van der Waals surface area contributed by atoms with E-state index < -0.39 is 0 Å². The van der Waals surface area contributed by atoms with Crippen molar-refractivity contribution in [1.29, 1.82) is 0 Å². The smallest absolute Gasteiger partial charge is 0.251 e. The van der Waals surface area contributed by atoms with Crippen LogP contribution in [-0.2, 0) is 17.6 Å². The number of hydrogen-bond donors (Lipinski definition) is 2. The van der Waals surface area contributed by atoms with Crippen molar-refractivity contribution in [2.45, 2.75) is 26.2 Å². The number of fused-ring (bicyclic) bond motifs is 1. The van der Waals surface area contributed by atoms with E-state index in [2.05, 4.69) is 35.4 Å². The first kappa shape index (κ1) is 18.7. The lowest BCUT2D eigenvalue weighted by molar-refractivity contribution is -0.121. The Morgan fingerprint density at radius 2 is 1.96 bits per heavy atom. The van der Waals surface area contributed by atoms with Gasteiger partial charge in [-0.3, -0.25) is 9.59 Å². The predicted molar refractivity (Wildman–Crippen MR) is 107 cm³/mol. The second-order valence-electron chi connectivity index (χ2n) is 6.67. The molecule has 0 atom stereocenters. The van der Waals surface area contributed by atoms with E-state index in [1.54, 1.807) is 13.2 Å². The Morgan fingerprint density at radius 1 is 1.11 bits per heavy atom. The van der Waals surface area contributed by atoms with Crippen LogP contribution >= 0.6 is 0 Å². The van der Waals surface area contributed by atoms with E-state index in [0.717, 1.165) is 17.3 Å². The van der Waals surface area contributed by atoms with Crippen molar-refractivity contribution in [3.63, 3.8) is 0 Å². The summed E-state index contributed by atoms with van der Waals surface area (Å²) in [7, 11) is 1.59. The van der Waals surface area contributed by atoms with Crippen LogP contribution in [0.5, 0.6) is 5.75 Å². The number of carbonyl (C=O) groups is 1. The molecule has 5 heteroatoms. The van der Waals surface area contributed by atoms with Crippen molar-refractivity contribution < 1.29 is 9.53 Å². The number of benzene rings is 2. The zero-order valence-corrected chi connectivity index (χ0v) is 15.7. The topological polar surface area (TPSA) is 71.2 Å². The number of carbonyl (C=O) groups excluding carboxylic acids is 1. The number of ether oxygens (including phenoxy) is 1. The molecular formula is C22H24N2O3. The van der Waals surface area contributed by atoms with Crippen molar-refractivity contribution in [2.24, 2.45) is 0 Å². The van der Waals surface area contributed by atoms with Crippen molar-refractivity contribution in [3.8, 4) is 5.75 Å². The SMILES string of the molecule is COc1ccc2cc(CCC(=O)NCCc3cccc(C)c3)c(=O)[nH]c2c1. The molecular weight excluding hydrogens is 340 g/mol. The maximum absolute atomic E-state index is 12.2. The number of amides is 1. The minimum absolute atomic E-state index is 0.0446. The van der Waals surface area contributed by atoms with Gasteiger partial charge >= 0.3 is 0 Å². The van der Waals surface area contributed by atoms with Gasteiger partial charge < -0.3 is 15.0 Å². The molecule has 0 saturated heterocycles. The molecule has 1 amide bonds. The van der Waals surface area contributed by atoms with Crippen LogP contribution in [0.25, 0.3) is 10.9 Å². The van der Waals surface area contributed by atoms with Gasteiger partial charge in [0.05, 0.1) is 12.6 Å². The van der Waals surface area contributed by atoms with Gasteiger partial charge in [-0.2, -0.15) is 0 Å². The Kier molecular flexibility index (Phi) is 5.91. The van der Waals surface area contributed by atoms with E-state index in [-0.39, 0.29) is 11.5 Å². The summed E-state index contributed by atoms with van der Waals surface area (Å²) in [6.45, 7) is 2.65. The van der Waals surface area contributed by atoms with Gasteiger partial charge in [0.2, 0.25) is 5.91 Å². The molecule has 140 valence electrons. The molecule has 0 saturated carbocycles. The fourth-order valence-corrected chi connectivity index (χ4v) is 3.09. The van der Waals surface area contributed by atoms with Crippen molar-refractivity contribution in [1.82, 2.24) is 10.3 Å². The zero-order chi connectivity index (χ0) is 19.2. The fourth-order valence-electron chi connectivity index (χ4n) is 3.09. The first-order chi connectivity index (χ1) is 13.0. The molecule has 0 radical (unpaired) electrons. The van der Waals surface area contributed by atoms with Crippen molar-refractivity contribution >= 4 is 16.8 Å². The molecule has 3 aromatic rings. The Hall–Kier alpha value is -3.08. The molecule has 0 aliphatic heterocycles. The number of hydrogen-bond acceptors (Lipinski definition) is 3. The van der Waals surface area contributed by atoms with E-state index in [9.17, 15) is 9.59 Å². The van der Waals surface area contributed by atoms with E-state index >= 15 is 0 Å². The molecule has 0 aliphatic carbocycles. The monoisotopic (exact) mass is 364 g/mol. The Morgan fingerprint density at radius 3 is 2.74 bits per heavy atom. The van der Waals surface area contributed by atoms with Gasteiger partial charge in [0.15, 0.2) is 0 Å². The van der Waals surface area contributed by atoms with E-state index in [0.29, 0.717) is 30.7 Å². The molecule has 2 aromatic carbocycles. The molecule has 27 heavy (non-hydrogen) atoms. The summed E-state index contributed by atoms with van der Waals surface area (Å²) in [4.78, 5) is 27.2. The second-order valence-corrected chi connectivity index (χ2v) is 6.67. The number of methoxy groups -OCH3 is 1. The third kappa shape index (κ3) is 4.97. The number of aromatic amines is 1. The van der Waals surface area contributed by atoms with Crippen molar-refractivity contribution in [3.05, 3.63) is 75.6 Å². The summed E-state index contributed by atoms with van der Waals surface area (Å²) in [5.74, 6) is 0.649. The standard InChI is InChI=1S/C22H24N2O3/c1-15-4-3-5-16(12-15)10-11-23-21(25)9-7-18-13-17-6-8-19(27-2)14-20(17)24-22(18)26/h3-6,8,12-14H,7,9-11H2,1-2H3,(H,23,25)(H,24,26). The number of nitrogens with one attached hydrogen (secondary N) is 2. The summed E-state index contributed by atoms with van der Waals surface area (Å²) < 4.78 is 5.17. The number of rotatable bonds is 7. The predicted octanol–water partition coefficient (Wildman–Crippen LogP) is 3.14. The van der Waals surface area contributed by atoms with Gasteiger partial charge in [0, 0.05) is 24.6 Å². The molecule has 0 aliphatic rings. The van der Waals surface area contributed by atoms with Gasteiger partial charge in [0.25, 0.3) is 5.56 Å². The third-order valence-electron chi connectivity index (χ3n) is 4.57. The summed E-state index contributed by atoms with van der Waals surface area (Å²) in [5.41, 5.74) is 3.60. The van der Waals surface area contributed by atoms with Gasteiger partial charge in [-0.1, -0.05) is 29.8 Å². The van der Waals surface area contributed by atoms with Crippen LogP contribution < -0.4 is 15.6 Å². The molecule has 2 N–H and O–H groups in total. The molecule has 1 aromatic heterocycles. The summed E-state index contributed by atoms with van der Waals surface area (Å²) in [5, 5.41) is 3.85. The molecule has 3 rings (SSSR count). The van der Waals surface area contributed by atoms with Crippen LogP contribution in [0, 0.1) is 6.92 Å². The molecule has 0 spiro atoms. The normalized spacial score (nSPS) is 10.7. The van der Waals surface area contributed by atoms with Gasteiger partial charge in [0.1, 0.15) is 5.75 Å². The molecule has 0 bridgehead atoms. The van der Waals surface area contributed by atoms with Crippen LogP contribution in [0.15, 0.2) is 53.3 Å². The fraction of sp³-hybridized carbons (Fsp3) is 0.273. The quantitative estimate of drug-likeness (QED) is 0.677. The summed E-state index contributed by atoms with van der Waals surface area (Å²) in [6.07, 6.45) is 1.50.